The molecule has 0 bridgehead atoms. The van der Waals surface area contributed by atoms with Gasteiger partial charge >= 0.3 is 11.9 Å². The smallest absolute Gasteiger partial charge is 0.297 e. The van der Waals surface area contributed by atoms with Gasteiger partial charge in [0.2, 0.25) is 0 Å². The third kappa shape index (κ3) is 4.41. The first-order chi connectivity index (χ1) is 8.76. The number of aromatic nitrogens is 2. The van der Waals surface area contributed by atoms with Crippen LogP contribution in [0.15, 0.2) is 9.59 Å². The van der Waals surface area contributed by atoms with E-state index in [4.69, 9.17) is 11.6 Å². The summed E-state index contributed by atoms with van der Waals surface area (Å²) < 4.78 is 36.9. The van der Waals surface area contributed by atoms with Crippen molar-refractivity contribution >= 4 is 11.6 Å². The third-order valence-electron chi connectivity index (χ3n) is 2.57. The van der Waals surface area contributed by atoms with Crippen molar-refractivity contribution in [1.82, 2.24) is 9.55 Å². The van der Waals surface area contributed by atoms with Gasteiger partial charge in [-0.15, -0.1) is 0 Å². The zero-order valence-electron chi connectivity index (χ0n) is 10.3. The minimum Gasteiger partial charge on any atom is -0.297 e. The first-order valence-corrected chi connectivity index (χ1v) is 6.22. The second kappa shape index (κ2) is 6.27. The molecule has 0 saturated heterocycles. The van der Waals surface area contributed by atoms with Crippen molar-refractivity contribution in [3.8, 4) is 0 Å². The van der Waals surface area contributed by atoms with Crippen molar-refractivity contribution in [3.05, 3.63) is 31.6 Å². The second-order valence-corrected chi connectivity index (χ2v) is 4.53. The van der Waals surface area contributed by atoms with E-state index in [-0.39, 0.29) is 23.7 Å². The first-order valence-electron chi connectivity index (χ1n) is 5.84. The Labute approximate surface area is 112 Å². The van der Waals surface area contributed by atoms with Gasteiger partial charge in [-0.05, 0) is 12.8 Å². The largest absolute Gasteiger partial charge is 0.389 e. The third-order valence-corrected chi connectivity index (χ3v) is 2.89. The fourth-order valence-electron chi connectivity index (χ4n) is 1.69. The Morgan fingerprint density at radius 3 is 2.47 bits per heavy atom. The van der Waals surface area contributed by atoms with E-state index < -0.39 is 23.8 Å². The zero-order valence-corrected chi connectivity index (χ0v) is 11.1. The van der Waals surface area contributed by atoms with Crippen molar-refractivity contribution in [1.29, 1.82) is 0 Å². The van der Waals surface area contributed by atoms with Crippen LogP contribution in [0.1, 0.15) is 31.7 Å². The molecule has 1 aromatic rings. The maximum absolute atomic E-state index is 12.0. The van der Waals surface area contributed by atoms with Crippen LogP contribution in [0.4, 0.5) is 13.2 Å². The Morgan fingerprint density at radius 1 is 1.32 bits per heavy atom. The summed E-state index contributed by atoms with van der Waals surface area (Å²) in [5, 5.41) is -0.0380. The van der Waals surface area contributed by atoms with Gasteiger partial charge in [-0.1, -0.05) is 24.9 Å². The lowest BCUT2D eigenvalue weighted by molar-refractivity contribution is -0.135. The second-order valence-electron chi connectivity index (χ2n) is 4.15. The van der Waals surface area contributed by atoms with Crippen LogP contribution in [-0.2, 0) is 13.0 Å². The lowest BCUT2D eigenvalue weighted by Gasteiger charge is -2.09. The Kier molecular flexibility index (Phi) is 5.22. The predicted octanol–water partition coefficient (Wildman–Crippen LogP) is 2.49. The van der Waals surface area contributed by atoms with Crippen LogP contribution in [0.5, 0.6) is 0 Å². The van der Waals surface area contributed by atoms with Gasteiger partial charge in [0.15, 0.2) is 0 Å². The Morgan fingerprint density at radius 2 is 1.95 bits per heavy atom. The van der Waals surface area contributed by atoms with Gasteiger partial charge in [0.25, 0.3) is 5.56 Å². The summed E-state index contributed by atoms with van der Waals surface area (Å²) in [6.07, 6.45) is -4.64. The summed E-state index contributed by atoms with van der Waals surface area (Å²) in [4.78, 5) is 25.7. The van der Waals surface area contributed by atoms with Gasteiger partial charge in [0, 0.05) is 13.0 Å². The quantitative estimate of drug-likeness (QED) is 0.849. The highest BCUT2D eigenvalue weighted by Gasteiger charge is 2.26. The molecular weight excluding hydrogens is 285 g/mol. The number of nitrogens with one attached hydrogen (secondary N) is 1. The van der Waals surface area contributed by atoms with E-state index in [2.05, 4.69) is 4.98 Å². The number of alkyl halides is 3. The Bertz CT molecular complexity index is 548. The van der Waals surface area contributed by atoms with E-state index in [1.165, 1.54) is 0 Å². The molecule has 0 aliphatic rings. The molecule has 0 radical (unpaired) electrons. The lowest BCUT2D eigenvalue weighted by Crippen LogP contribution is -2.37. The summed E-state index contributed by atoms with van der Waals surface area (Å²) in [5.41, 5.74) is -1.16. The fraction of sp³-hybridized carbons (Fsp3) is 0.636. The van der Waals surface area contributed by atoms with Crippen LogP contribution in [0.2, 0.25) is 5.15 Å². The van der Waals surface area contributed by atoms with Gasteiger partial charge < -0.3 is 0 Å². The number of hydrogen-bond acceptors (Lipinski definition) is 2. The van der Waals surface area contributed by atoms with Crippen molar-refractivity contribution < 1.29 is 13.2 Å². The summed E-state index contributed by atoms with van der Waals surface area (Å²) in [6.45, 7) is 1.55. The van der Waals surface area contributed by atoms with Crippen LogP contribution < -0.4 is 11.2 Å². The normalized spacial score (nSPS) is 11.8. The molecule has 0 aromatic carbocycles. The lowest BCUT2D eigenvalue weighted by atomic mass is 10.2. The van der Waals surface area contributed by atoms with E-state index in [1.54, 1.807) is 0 Å². The SMILES string of the molecule is CCCc1c(Cl)[nH]c(=O)n(CCCC(F)(F)F)c1=O. The minimum atomic E-state index is -4.30. The average molecular weight is 299 g/mol. The molecule has 0 aliphatic carbocycles. The number of hydrogen-bond donors (Lipinski definition) is 1. The fourth-order valence-corrected chi connectivity index (χ4v) is 1.95. The molecule has 0 aliphatic heterocycles. The topological polar surface area (TPSA) is 54.9 Å². The molecule has 4 nitrogen and oxygen atoms in total. The van der Waals surface area contributed by atoms with Crippen LogP contribution in [-0.4, -0.2) is 15.7 Å². The molecule has 0 spiro atoms. The average Bonchev–Trinajstić information content (AvgIpc) is 2.27. The molecule has 1 rings (SSSR count). The summed E-state index contributed by atoms with van der Waals surface area (Å²) >= 11 is 5.74. The maximum Gasteiger partial charge on any atom is 0.389 e. The van der Waals surface area contributed by atoms with E-state index in [9.17, 15) is 22.8 Å². The van der Waals surface area contributed by atoms with Crippen molar-refractivity contribution in [2.24, 2.45) is 0 Å². The number of nitrogens with zero attached hydrogens (tertiary/aromatic N) is 1. The zero-order chi connectivity index (χ0) is 14.6. The number of halogens is 4. The van der Waals surface area contributed by atoms with E-state index >= 15 is 0 Å². The molecule has 1 aromatic heterocycles. The molecule has 0 fully saturated rings. The molecule has 1 heterocycles. The Balaban J connectivity index is 2.98. The van der Waals surface area contributed by atoms with E-state index in [1.807, 2.05) is 6.92 Å². The first kappa shape index (κ1) is 15.8. The molecule has 0 atom stereocenters. The van der Waals surface area contributed by atoms with E-state index in [0.29, 0.717) is 12.8 Å². The highest BCUT2D eigenvalue weighted by atomic mass is 35.5. The number of aromatic amines is 1. The van der Waals surface area contributed by atoms with Crippen LogP contribution in [0, 0.1) is 0 Å². The summed E-state index contributed by atoms with van der Waals surface area (Å²) in [6, 6.07) is 0. The highest BCUT2D eigenvalue weighted by molar-refractivity contribution is 6.30. The number of rotatable bonds is 5. The summed E-state index contributed by atoms with van der Waals surface area (Å²) in [7, 11) is 0. The molecule has 0 saturated carbocycles. The maximum atomic E-state index is 12.0. The molecule has 8 heteroatoms. The Hall–Kier alpha value is -1.24. The standard InChI is InChI=1S/C11H14ClF3N2O2/c1-2-4-7-8(12)16-10(19)17(9(7)18)6-3-5-11(13,14)15/h2-6H2,1H3,(H,16,19). The van der Waals surface area contributed by atoms with Crippen LogP contribution in [0.3, 0.4) is 0 Å². The van der Waals surface area contributed by atoms with Crippen molar-refractivity contribution in [2.45, 2.75) is 45.3 Å². The molecular formula is C11H14ClF3N2O2. The van der Waals surface area contributed by atoms with Crippen molar-refractivity contribution in [2.75, 3.05) is 0 Å². The van der Waals surface area contributed by atoms with Crippen LogP contribution >= 0.6 is 11.6 Å². The minimum absolute atomic E-state index is 0.0380. The molecule has 108 valence electrons. The van der Waals surface area contributed by atoms with Gasteiger partial charge in [-0.2, -0.15) is 13.2 Å². The van der Waals surface area contributed by atoms with Crippen molar-refractivity contribution in [3.63, 3.8) is 0 Å². The molecule has 0 unspecified atom stereocenters. The van der Waals surface area contributed by atoms with E-state index in [0.717, 1.165) is 4.57 Å². The predicted molar refractivity (Wildman–Crippen MR) is 65.6 cm³/mol. The van der Waals surface area contributed by atoms with Gasteiger partial charge in [0.05, 0.1) is 5.56 Å². The number of H-pyrrole nitrogens is 1. The summed E-state index contributed by atoms with van der Waals surface area (Å²) in [5.74, 6) is 0. The molecule has 1 N–H and O–H groups in total. The van der Waals surface area contributed by atoms with Gasteiger partial charge in [-0.25, -0.2) is 4.79 Å². The van der Waals surface area contributed by atoms with Gasteiger partial charge in [0.1, 0.15) is 5.15 Å². The van der Waals surface area contributed by atoms with Gasteiger partial charge in [-0.3, -0.25) is 14.3 Å². The molecule has 19 heavy (non-hydrogen) atoms. The monoisotopic (exact) mass is 298 g/mol. The highest BCUT2D eigenvalue weighted by Crippen LogP contribution is 2.21. The van der Waals surface area contributed by atoms with Crippen LogP contribution in [0.25, 0.3) is 0 Å². The molecule has 0 amide bonds.